The monoisotopic (exact) mass is 305 g/mol. The predicted molar refractivity (Wildman–Crippen MR) is 73.2 cm³/mol. The van der Waals surface area contributed by atoms with Gasteiger partial charge in [0.05, 0.1) is 5.92 Å². The standard InChI is InChI=1S/C15H15NO6/c17-13(8-21-15(19)9-5-6-9)16-14(18)12-7-20-10-3-1-2-4-11(10)22-12/h1-4,9,12H,5-8H2,(H,16,17,18)/t12-/m1/s1. The van der Waals surface area contributed by atoms with E-state index in [9.17, 15) is 14.4 Å². The summed E-state index contributed by atoms with van der Waals surface area (Å²) in [5, 5.41) is 2.14. The highest BCUT2D eigenvalue weighted by Gasteiger charge is 2.32. The van der Waals surface area contributed by atoms with E-state index in [1.165, 1.54) is 0 Å². The number of fused-ring (bicyclic) bond motifs is 1. The summed E-state index contributed by atoms with van der Waals surface area (Å²) in [6, 6.07) is 6.95. The van der Waals surface area contributed by atoms with Gasteiger partial charge in [-0.1, -0.05) is 12.1 Å². The van der Waals surface area contributed by atoms with Gasteiger partial charge in [0.1, 0.15) is 6.61 Å². The van der Waals surface area contributed by atoms with Crippen molar-refractivity contribution in [3.05, 3.63) is 24.3 Å². The number of benzene rings is 1. The zero-order chi connectivity index (χ0) is 15.5. The van der Waals surface area contributed by atoms with Gasteiger partial charge in [0, 0.05) is 0 Å². The number of esters is 1. The summed E-state index contributed by atoms with van der Waals surface area (Å²) in [7, 11) is 0. The number of ether oxygens (including phenoxy) is 3. The van der Waals surface area contributed by atoms with Crippen LogP contribution in [0.25, 0.3) is 0 Å². The minimum atomic E-state index is -0.919. The van der Waals surface area contributed by atoms with E-state index in [1.54, 1.807) is 24.3 Å². The molecule has 1 atom stereocenters. The minimum Gasteiger partial charge on any atom is -0.485 e. The minimum absolute atomic E-state index is 0.0119. The second-order valence-electron chi connectivity index (χ2n) is 5.16. The van der Waals surface area contributed by atoms with Crippen LogP contribution in [0.5, 0.6) is 11.5 Å². The third kappa shape index (κ3) is 3.36. The molecule has 1 N–H and O–H groups in total. The Kier molecular flexibility index (Phi) is 3.95. The first-order valence-electron chi connectivity index (χ1n) is 7.02. The third-order valence-corrected chi connectivity index (χ3v) is 3.32. The number of para-hydroxylation sites is 2. The van der Waals surface area contributed by atoms with Crippen LogP contribution >= 0.6 is 0 Å². The van der Waals surface area contributed by atoms with Gasteiger partial charge >= 0.3 is 5.97 Å². The maximum absolute atomic E-state index is 11.9. The number of rotatable bonds is 4. The second-order valence-corrected chi connectivity index (χ2v) is 5.16. The van der Waals surface area contributed by atoms with Gasteiger partial charge in [-0.05, 0) is 25.0 Å². The normalized spacial score (nSPS) is 19.2. The second kappa shape index (κ2) is 6.05. The summed E-state index contributed by atoms with van der Waals surface area (Å²) in [4.78, 5) is 34.8. The molecule has 0 radical (unpaired) electrons. The van der Waals surface area contributed by atoms with Crippen molar-refractivity contribution in [1.82, 2.24) is 5.32 Å². The number of amides is 2. The highest BCUT2D eigenvalue weighted by atomic mass is 16.6. The number of nitrogens with one attached hydrogen (secondary N) is 1. The highest BCUT2D eigenvalue weighted by molar-refractivity contribution is 5.98. The molecule has 116 valence electrons. The van der Waals surface area contributed by atoms with Crippen molar-refractivity contribution in [2.24, 2.45) is 5.92 Å². The van der Waals surface area contributed by atoms with Gasteiger partial charge in [0.15, 0.2) is 18.1 Å². The average molecular weight is 305 g/mol. The number of hydrogen-bond donors (Lipinski definition) is 1. The molecule has 0 aromatic heterocycles. The molecule has 2 aliphatic rings. The van der Waals surface area contributed by atoms with Crippen molar-refractivity contribution in [3.63, 3.8) is 0 Å². The first-order chi connectivity index (χ1) is 10.6. The van der Waals surface area contributed by atoms with Crippen molar-refractivity contribution in [1.29, 1.82) is 0 Å². The molecule has 1 heterocycles. The average Bonchev–Trinajstić information content (AvgIpc) is 3.37. The molecule has 22 heavy (non-hydrogen) atoms. The quantitative estimate of drug-likeness (QED) is 0.811. The number of hydrogen-bond acceptors (Lipinski definition) is 6. The Morgan fingerprint density at radius 1 is 1.18 bits per heavy atom. The lowest BCUT2D eigenvalue weighted by atomic mass is 10.2. The zero-order valence-corrected chi connectivity index (χ0v) is 11.7. The Bertz CT molecular complexity index is 610. The van der Waals surface area contributed by atoms with Crippen molar-refractivity contribution in [3.8, 4) is 11.5 Å². The Morgan fingerprint density at radius 2 is 1.91 bits per heavy atom. The van der Waals surface area contributed by atoms with Crippen LogP contribution in [0.2, 0.25) is 0 Å². The Morgan fingerprint density at radius 3 is 2.64 bits per heavy atom. The summed E-state index contributed by atoms with van der Waals surface area (Å²) in [6.07, 6.45) is 0.677. The molecule has 0 unspecified atom stereocenters. The molecule has 1 saturated carbocycles. The molecule has 0 spiro atoms. The molecule has 1 fully saturated rings. The van der Waals surface area contributed by atoms with Crippen molar-refractivity contribution in [2.45, 2.75) is 18.9 Å². The molecule has 1 aromatic rings. The van der Waals surface area contributed by atoms with Crippen LogP contribution in [0.4, 0.5) is 0 Å². The molecule has 1 aliphatic carbocycles. The van der Waals surface area contributed by atoms with Gasteiger partial charge in [-0.25, -0.2) is 0 Å². The summed E-state index contributed by atoms with van der Waals surface area (Å²) in [5.74, 6) is -0.787. The van der Waals surface area contributed by atoms with Crippen LogP contribution in [0.15, 0.2) is 24.3 Å². The van der Waals surface area contributed by atoms with Crippen molar-refractivity contribution >= 4 is 17.8 Å². The SMILES string of the molecule is O=C(COC(=O)C1CC1)NC(=O)[C@H]1COc2ccccc2O1. The molecular formula is C15H15NO6. The van der Waals surface area contributed by atoms with Crippen molar-refractivity contribution in [2.75, 3.05) is 13.2 Å². The molecule has 1 aromatic carbocycles. The first kappa shape index (κ1) is 14.4. The topological polar surface area (TPSA) is 90.9 Å². The molecule has 7 nitrogen and oxygen atoms in total. The fourth-order valence-corrected chi connectivity index (χ4v) is 1.98. The van der Waals surface area contributed by atoms with Gasteiger partial charge < -0.3 is 14.2 Å². The largest absolute Gasteiger partial charge is 0.485 e. The Balaban J connectivity index is 1.47. The first-order valence-corrected chi connectivity index (χ1v) is 7.02. The summed E-state index contributed by atoms with van der Waals surface area (Å²) in [6.45, 7) is -0.455. The Hall–Kier alpha value is -2.57. The number of carbonyl (C=O) groups excluding carboxylic acids is 3. The molecule has 2 amide bonds. The van der Waals surface area contributed by atoms with Gasteiger partial charge in [-0.15, -0.1) is 0 Å². The van der Waals surface area contributed by atoms with E-state index in [-0.39, 0.29) is 12.5 Å². The van der Waals surface area contributed by atoms with E-state index >= 15 is 0 Å². The van der Waals surface area contributed by atoms with Crippen LogP contribution in [0, 0.1) is 5.92 Å². The van der Waals surface area contributed by atoms with E-state index in [0.29, 0.717) is 11.5 Å². The molecule has 7 heteroatoms. The Labute approximate surface area is 126 Å². The lowest BCUT2D eigenvalue weighted by molar-refractivity contribution is -0.151. The fraction of sp³-hybridized carbons (Fsp3) is 0.400. The summed E-state index contributed by atoms with van der Waals surface area (Å²) >= 11 is 0. The van der Waals surface area contributed by atoms with Crippen LogP contribution in [0.1, 0.15) is 12.8 Å². The van der Waals surface area contributed by atoms with Crippen molar-refractivity contribution < 1.29 is 28.6 Å². The van der Waals surface area contributed by atoms with Gasteiger partial charge in [0.2, 0.25) is 6.10 Å². The molecule has 3 rings (SSSR count). The van der Waals surface area contributed by atoms with E-state index in [2.05, 4.69) is 5.32 Å². The number of carbonyl (C=O) groups is 3. The van der Waals surface area contributed by atoms with Crippen LogP contribution in [-0.4, -0.2) is 37.1 Å². The van der Waals surface area contributed by atoms with Gasteiger partial charge in [0.25, 0.3) is 11.8 Å². The summed E-state index contributed by atoms with van der Waals surface area (Å²) < 4.78 is 15.7. The number of imide groups is 1. The lowest BCUT2D eigenvalue weighted by Crippen LogP contribution is -2.47. The molecule has 0 bridgehead atoms. The van der Waals surface area contributed by atoms with Gasteiger partial charge in [-0.2, -0.15) is 0 Å². The maximum Gasteiger partial charge on any atom is 0.309 e. The molecule has 0 saturated heterocycles. The van der Waals surface area contributed by atoms with E-state index < -0.39 is 30.5 Å². The predicted octanol–water partition coefficient (Wildman–Crippen LogP) is 0.422. The highest BCUT2D eigenvalue weighted by Crippen LogP contribution is 2.31. The summed E-state index contributed by atoms with van der Waals surface area (Å²) in [5.41, 5.74) is 0. The van der Waals surface area contributed by atoms with Crippen LogP contribution in [-0.2, 0) is 19.1 Å². The van der Waals surface area contributed by atoms with Crippen LogP contribution < -0.4 is 14.8 Å². The van der Waals surface area contributed by atoms with E-state index in [0.717, 1.165) is 12.8 Å². The fourth-order valence-electron chi connectivity index (χ4n) is 1.98. The zero-order valence-electron chi connectivity index (χ0n) is 11.7. The van der Waals surface area contributed by atoms with E-state index in [4.69, 9.17) is 14.2 Å². The third-order valence-electron chi connectivity index (χ3n) is 3.32. The van der Waals surface area contributed by atoms with E-state index in [1.807, 2.05) is 0 Å². The lowest BCUT2D eigenvalue weighted by Gasteiger charge is -2.25. The maximum atomic E-state index is 11.9. The smallest absolute Gasteiger partial charge is 0.309 e. The molecular weight excluding hydrogens is 290 g/mol. The van der Waals surface area contributed by atoms with Gasteiger partial charge in [-0.3, -0.25) is 19.7 Å². The van der Waals surface area contributed by atoms with Crippen LogP contribution in [0.3, 0.4) is 0 Å². The molecule has 1 aliphatic heterocycles.